The van der Waals surface area contributed by atoms with Gasteiger partial charge in [0.05, 0.1) is 6.61 Å². The first-order valence-electron chi connectivity index (χ1n) is 4.79. The minimum Gasteiger partial charge on any atom is -0.470 e. The van der Waals surface area contributed by atoms with E-state index in [0.29, 0.717) is 5.92 Å². The molecule has 78 valence electrons. The maximum atomic E-state index is 5.62. The Bertz CT molecular complexity index is 286. The Kier molecular flexibility index (Phi) is 3.78. The van der Waals surface area contributed by atoms with E-state index in [-0.39, 0.29) is 0 Å². The molecule has 1 fully saturated rings. The summed E-state index contributed by atoms with van der Waals surface area (Å²) in [7, 11) is 0. The van der Waals surface area contributed by atoms with Crippen LogP contribution in [0.5, 0.6) is 5.19 Å². The van der Waals surface area contributed by atoms with Crippen LogP contribution in [0.2, 0.25) is 0 Å². The molecule has 0 radical (unpaired) electrons. The molecule has 1 aliphatic heterocycles. The number of nitrogens with zero attached hydrogens (tertiary/aromatic N) is 1. The molecule has 1 aromatic heterocycles. The van der Waals surface area contributed by atoms with Gasteiger partial charge in [-0.05, 0) is 47.8 Å². The van der Waals surface area contributed by atoms with E-state index in [0.717, 1.165) is 29.5 Å². The van der Waals surface area contributed by atoms with Crippen molar-refractivity contribution in [3.63, 3.8) is 0 Å². The molecule has 5 heteroatoms. The molecule has 0 atom stereocenters. The van der Waals surface area contributed by atoms with Gasteiger partial charge in [-0.25, -0.2) is 0 Å². The van der Waals surface area contributed by atoms with Gasteiger partial charge >= 0.3 is 0 Å². The van der Waals surface area contributed by atoms with Crippen LogP contribution >= 0.6 is 27.3 Å². The van der Waals surface area contributed by atoms with E-state index in [1.165, 1.54) is 12.8 Å². The number of halogens is 1. The van der Waals surface area contributed by atoms with E-state index >= 15 is 0 Å². The van der Waals surface area contributed by atoms with Gasteiger partial charge in [0.1, 0.15) is 4.60 Å². The Hall–Kier alpha value is -0.130. The van der Waals surface area contributed by atoms with E-state index in [9.17, 15) is 0 Å². The monoisotopic (exact) mass is 276 g/mol. The van der Waals surface area contributed by atoms with Gasteiger partial charge in [-0.3, -0.25) is 0 Å². The van der Waals surface area contributed by atoms with Gasteiger partial charge in [-0.1, -0.05) is 11.3 Å². The quantitative estimate of drug-likeness (QED) is 0.920. The zero-order valence-corrected chi connectivity index (χ0v) is 10.2. The summed E-state index contributed by atoms with van der Waals surface area (Å²) in [6.45, 7) is 3.05. The Morgan fingerprint density at radius 3 is 3.00 bits per heavy atom. The second-order valence-electron chi connectivity index (χ2n) is 3.44. The van der Waals surface area contributed by atoms with Crippen molar-refractivity contribution in [2.75, 3.05) is 19.7 Å². The summed E-state index contributed by atoms with van der Waals surface area (Å²) in [6.07, 6.45) is 2.43. The Morgan fingerprint density at radius 2 is 2.36 bits per heavy atom. The van der Waals surface area contributed by atoms with Gasteiger partial charge in [0, 0.05) is 5.38 Å². The fraction of sp³-hybridized carbons (Fsp3) is 0.667. The van der Waals surface area contributed by atoms with Crippen LogP contribution < -0.4 is 10.1 Å². The van der Waals surface area contributed by atoms with Gasteiger partial charge in [-0.15, -0.1) is 0 Å². The van der Waals surface area contributed by atoms with Gasteiger partial charge in [0.25, 0.3) is 5.19 Å². The number of piperidine rings is 1. The molecule has 3 nitrogen and oxygen atoms in total. The van der Waals surface area contributed by atoms with Crippen molar-refractivity contribution < 1.29 is 4.74 Å². The first-order chi connectivity index (χ1) is 6.84. The molecular weight excluding hydrogens is 264 g/mol. The first kappa shape index (κ1) is 10.4. The highest BCUT2D eigenvalue weighted by atomic mass is 79.9. The van der Waals surface area contributed by atoms with Crippen molar-refractivity contribution in [3.8, 4) is 5.19 Å². The molecule has 2 heterocycles. The van der Waals surface area contributed by atoms with Gasteiger partial charge < -0.3 is 10.1 Å². The fourth-order valence-electron chi connectivity index (χ4n) is 1.54. The van der Waals surface area contributed by atoms with Gasteiger partial charge in [0.15, 0.2) is 0 Å². The molecule has 0 unspecified atom stereocenters. The van der Waals surface area contributed by atoms with Crippen LogP contribution in [0.25, 0.3) is 0 Å². The minimum atomic E-state index is 0.693. The van der Waals surface area contributed by atoms with Crippen LogP contribution in [0.3, 0.4) is 0 Å². The third-order valence-electron chi connectivity index (χ3n) is 2.36. The van der Waals surface area contributed by atoms with Crippen LogP contribution in [0.1, 0.15) is 12.8 Å². The summed E-state index contributed by atoms with van der Waals surface area (Å²) >= 11 is 4.85. The molecule has 14 heavy (non-hydrogen) atoms. The van der Waals surface area contributed by atoms with Crippen molar-refractivity contribution in [1.82, 2.24) is 10.3 Å². The summed E-state index contributed by atoms with van der Waals surface area (Å²) in [4.78, 5) is 4.19. The van der Waals surface area contributed by atoms with Crippen molar-refractivity contribution >= 4 is 27.3 Å². The van der Waals surface area contributed by atoms with Crippen LogP contribution in [-0.2, 0) is 0 Å². The molecule has 2 rings (SSSR count). The van der Waals surface area contributed by atoms with Crippen LogP contribution in [0.15, 0.2) is 9.98 Å². The smallest absolute Gasteiger partial charge is 0.274 e. The van der Waals surface area contributed by atoms with Crippen molar-refractivity contribution in [1.29, 1.82) is 0 Å². The lowest BCUT2D eigenvalue weighted by Gasteiger charge is -2.21. The Balaban J connectivity index is 1.76. The van der Waals surface area contributed by atoms with Gasteiger partial charge in [0.2, 0.25) is 0 Å². The van der Waals surface area contributed by atoms with Crippen LogP contribution in [-0.4, -0.2) is 24.7 Å². The lowest BCUT2D eigenvalue weighted by molar-refractivity contribution is 0.214. The third-order valence-corrected chi connectivity index (χ3v) is 3.82. The first-order valence-corrected chi connectivity index (χ1v) is 6.46. The fourth-order valence-corrected chi connectivity index (χ4v) is 2.64. The molecule has 0 aromatic carbocycles. The number of hydrogen-bond donors (Lipinski definition) is 1. The third kappa shape index (κ3) is 2.93. The second-order valence-corrected chi connectivity index (χ2v) is 5.07. The summed E-state index contributed by atoms with van der Waals surface area (Å²) < 4.78 is 6.48. The van der Waals surface area contributed by atoms with E-state index in [1.807, 2.05) is 5.38 Å². The number of rotatable bonds is 3. The molecule has 1 aromatic rings. The molecule has 1 aliphatic rings. The standard InChI is InChI=1S/C9H13BrN2OS/c10-8-6-14-9(12-8)13-5-7-1-3-11-4-2-7/h6-7,11H,1-5H2. The van der Waals surface area contributed by atoms with Crippen LogP contribution in [0, 0.1) is 5.92 Å². The number of thiazole rings is 1. The second kappa shape index (κ2) is 5.09. The molecule has 0 spiro atoms. The normalized spacial score (nSPS) is 18.4. The maximum Gasteiger partial charge on any atom is 0.274 e. The molecule has 0 amide bonds. The molecule has 1 saturated heterocycles. The maximum absolute atomic E-state index is 5.62. The Morgan fingerprint density at radius 1 is 1.57 bits per heavy atom. The molecule has 0 aliphatic carbocycles. The average molecular weight is 277 g/mol. The summed E-state index contributed by atoms with van der Waals surface area (Å²) in [5.74, 6) is 0.693. The van der Waals surface area contributed by atoms with E-state index in [2.05, 4.69) is 26.2 Å². The summed E-state index contributed by atoms with van der Waals surface area (Å²) in [5.41, 5.74) is 0. The van der Waals surface area contributed by atoms with E-state index < -0.39 is 0 Å². The molecule has 0 bridgehead atoms. The zero-order chi connectivity index (χ0) is 9.80. The topological polar surface area (TPSA) is 34.1 Å². The number of hydrogen-bond acceptors (Lipinski definition) is 4. The number of aromatic nitrogens is 1. The summed E-state index contributed by atoms with van der Waals surface area (Å²) in [5, 5.41) is 6.06. The lowest BCUT2D eigenvalue weighted by Crippen LogP contribution is -2.30. The predicted molar refractivity (Wildman–Crippen MR) is 60.9 cm³/mol. The van der Waals surface area contributed by atoms with E-state index in [4.69, 9.17) is 4.74 Å². The van der Waals surface area contributed by atoms with Crippen molar-refractivity contribution in [3.05, 3.63) is 9.98 Å². The lowest BCUT2D eigenvalue weighted by atomic mass is 9.99. The zero-order valence-electron chi connectivity index (χ0n) is 7.83. The average Bonchev–Trinajstić information content (AvgIpc) is 2.63. The SMILES string of the molecule is Brc1csc(OCC2CCNCC2)n1. The summed E-state index contributed by atoms with van der Waals surface area (Å²) in [6, 6.07) is 0. The Labute approximate surface area is 96.0 Å². The van der Waals surface area contributed by atoms with Crippen molar-refractivity contribution in [2.24, 2.45) is 5.92 Å². The largest absolute Gasteiger partial charge is 0.470 e. The molecule has 0 saturated carbocycles. The highest BCUT2D eigenvalue weighted by Crippen LogP contribution is 2.23. The molecule has 1 N–H and O–H groups in total. The molecular formula is C9H13BrN2OS. The highest BCUT2D eigenvalue weighted by Gasteiger charge is 2.14. The van der Waals surface area contributed by atoms with Gasteiger partial charge in [-0.2, -0.15) is 4.98 Å². The number of nitrogens with one attached hydrogen (secondary N) is 1. The van der Waals surface area contributed by atoms with Crippen molar-refractivity contribution in [2.45, 2.75) is 12.8 Å². The predicted octanol–water partition coefficient (Wildman–Crippen LogP) is 2.28. The minimum absolute atomic E-state index is 0.693. The van der Waals surface area contributed by atoms with Crippen LogP contribution in [0.4, 0.5) is 0 Å². The number of ether oxygens (including phenoxy) is 1. The highest BCUT2D eigenvalue weighted by molar-refractivity contribution is 9.10. The van der Waals surface area contributed by atoms with E-state index in [1.54, 1.807) is 11.3 Å².